The van der Waals surface area contributed by atoms with Crippen LogP contribution in [0.5, 0.6) is 0 Å². The van der Waals surface area contributed by atoms with E-state index < -0.39 is 5.82 Å². The number of amides is 2. The van der Waals surface area contributed by atoms with E-state index in [4.69, 9.17) is 0 Å². The lowest BCUT2D eigenvalue weighted by Crippen LogP contribution is -2.41. The predicted octanol–water partition coefficient (Wildman–Crippen LogP) is 4.93. The average molecular weight is 426 g/mol. The lowest BCUT2D eigenvalue weighted by atomic mass is 10.0. The molecule has 2 aromatic rings. The number of rotatable bonds is 8. The zero-order valence-corrected chi connectivity index (χ0v) is 19.0. The Balaban J connectivity index is 1.94. The molecule has 1 aliphatic rings. The monoisotopic (exact) mass is 425 g/mol. The van der Waals surface area contributed by atoms with E-state index >= 15 is 0 Å². The minimum absolute atomic E-state index is 0.0480. The molecule has 0 unspecified atom stereocenters. The second kappa shape index (κ2) is 9.50. The molecule has 0 spiro atoms. The van der Waals surface area contributed by atoms with E-state index in [0.29, 0.717) is 12.1 Å². The van der Waals surface area contributed by atoms with E-state index in [-0.39, 0.29) is 29.7 Å². The quantitative estimate of drug-likeness (QED) is 0.653. The number of hydrogen-bond acceptors (Lipinski definition) is 3. The topological polar surface area (TPSA) is 52.7 Å². The molecule has 31 heavy (non-hydrogen) atoms. The van der Waals surface area contributed by atoms with Crippen LogP contribution in [0.15, 0.2) is 42.5 Å². The van der Waals surface area contributed by atoms with Crippen LogP contribution in [0, 0.1) is 17.7 Å². The summed E-state index contributed by atoms with van der Waals surface area (Å²) >= 11 is 0. The Labute approximate surface area is 184 Å². The van der Waals surface area contributed by atoms with Gasteiger partial charge in [0.15, 0.2) is 0 Å². The van der Waals surface area contributed by atoms with Gasteiger partial charge in [-0.1, -0.05) is 19.9 Å². The van der Waals surface area contributed by atoms with Gasteiger partial charge in [0.1, 0.15) is 5.82 Å². The maximum absolute atomic E-state index is 13.8. The van der Waals surface area contributed by atoms with E-state index in [1.165, 1.54) is 12.1 Å². The molecule has 6 heteroatoms. The van der Waals surface area contributed by atoms with Crippen LogP contribution in [0.4, 0.5) is 15.8 Å². The van der Waals surface area contributed by atoms with Crippen LogP contribution >= 0.6 is 0 Å². The van der Waals surface area contributed by atoms with Gasteiger partial charge in [0.25, 0.3) is 5.91 Å². The third-order valence-electron chi connectivity index (χ3n) is 5.91. The Kier molecular flexibility index (Phi) is 6.98. The van der Waals surface area contributed by atoms with Gasteiger partial charge in [0.05, 0.1) is 0 Å². The number of carbonyl (C=O) groups is 2. The molecule has 0 heterocycles. The first kappa shape index (κ1) is 22.8. The van der Waals surface area contributed by atoms with E-state index in [9.17, 15) is 14.0 Å². The second-order valence-electron chi connectivity index (χ2n) is 8.93. The van der Waals surface area contributed by atoms with Crippen LogP contribution in [-0.2, 0) is 11.3 Å². The zero-order valence-electron chi connectivity index (χ0n) is 19.0. The first-order valence-electron chi connectivity index (χ1n) is 10.8. The van der Waals surface area contributed by atoms with Crippen LogP contribution in [0.1, 0.15) is 49.5 Å². The van der Waals surface area contributed by atoms with Crippen LogP contribution in [0.2, 0.25) is 0 Å². The third-order valence-corrected chi connectivity index (χ3v) is 5.91. The highest BCUT2D eigenvalue weighted by Crippen LogP contribution is 2.32. The van der Waals surface area contributed by atoms with Crippen molar-refractivity contribution in [2.24, 2.45) is 11.8 Å². The molecule has 5 nitrogen and oxygen atoms in total. The van der Waals surface area contributed by atoms with E-state index in [1.54, 1.807) is 17.0 Å². The zero-order chi connectivity index (χ0) is 22.7. The Morgan fingerprint density at radius 1 is 1.10 bits per heavy atom. The largest absolute Gasteiger partial charge is 0.377 e. The van der Waals surface area contributed by atoms with Crippen molar-refractivity contribution in [2.75, 3.05) is 24.3 Å². The minimum Gasteiger partial charge on any atom is -0.377 e. The van der Waals surface area contributed by atoms with Crippen LogP contribution in [0.3, 0.4) is 0 Å². The molecule has 2 amide bonds. The number of nitrogens with zero attached hydrogens (tertiary/aromatic N) is 2. The SMILES string of the molecule is CC(C)[C@@H](C)N(Cc1cc(NC(=O)C2CC2)ccc1N(C)C)C(=O)c1cccc(F)c1. The van der Waals surface area contributed by atoms with Gasteiger partial charge >= 0.3 is 0 Å². The number of halogens is 1. The van der Waals surface area contributed by atoms with E-state index in [2.05, 4.69) is 19.2 Å². The summed E-state index contributed by atoms with van der Waals surface area (Å²) in [4.78, 5) is 29.4. The highest BCUT2D eigenvalue weighted by Gasteiger charge is 2.30. The number of hydrogen-bond donors (Lipinski definition) is 1. The molecule has 0 saturated heterocycles. The molecule has 3 rings (SSSR count). The van der Waals surface area contributed by atoms with Crippen LogP contribution < -0.4 is 10.2 Å². The summed E-state index contributed by atoms with van der Waals surface area (Å²) in [5, 5.41) is 2.99. The van der Waals surface area contributed by atoms with Crippen molar-refractivity contribution in [2.45, 2.75) is 46.2 Å². The van der Waals surface area contributed by atoms with Gasteiger partial charge in [-0.25, -0.2) is 4.39 Å². The van der Waals surface area contributed by atoms with Crippen molar-refractivity contribution in [3.63, 3.8) is 0 Å². The van der Waals surface area contributed by atoms with Crippen molar-refractivity contribution in [1.29, 1.82) is 0 Å². The van der Waals surface area contributed by atoms with Crippen molar-refractivity contribution in [3.05, 3.63) is 59.4 Å². The van der Waals surface area contributed by atoms with Gasteiger partial charge in [-0.2, -0.15) is 0 Å². The molecule has 0 aliphatic heterocycles. The van der Waals surface area contributed by atoms with Crippen molar-refractivity contribution >= 4 is 23.2 Å². The first-order chi connectivity index (χ1) is 14.7. The lowest BCUT2D eigenvalue weighted by Gasteiger charge is -2.33. The van der Waals surface area contributed by atoms with Gasteiger partial charge in [-0.05, 0) is 67.6 Å². The highest BCUT2D eigenvalue weighted by atomic mass is 19.1. The van der Waals surface area contributed by atoms with Gasteiger partial charge < -0.3 is 15.1 Å². The summed E-state index contributed by atoms with van der Waals surface area (Å²) in [6, 6.07) is 11.5. The summed E-state index contributed by atoms with van der Waals surface area (Å²) < 4.78 is 13.8. The molecular formula is C25H32FN3O2. The molecule has 1 N–H and O–H groups in total. The normalized spacial score (nSPS) is 14.3. The molecular weight excluding hydrogens is 393 g/mol. The fourth-order valence-electron chi connectivity index (χ4n) is 3.55. The fraction of sp³-hybridized carbons (Fsp3) is 0.440. The Morgan fingerprint density at radius 3 is 2.39 bits per heavy atom. The molecule has 1 aliphatic carbocycles. The molecule has 166 valence electrons. The first-order valence-corrected chi connectivity index (χ1v) is 10.8. The van der Waals surface area contributed by atoms with Gasteiger partial charge in [-0.3, -0.25) is 9.59 Å². The number of anilines is 2. The minimum atomic E-state index is -0.429. The van der Waals surface area contributed by atoms with Crippen molar-refractivity contribution < 1.29 is 14.0 Å². The second-order valence-corrected chi connectivity index (χ2v) is 8.93. The smallest absolute Gasteiger partial charge is 0.254 e. The van der Waals surface area contributed by atoms with Crippen LogP contribution in [0.25, 0.3) is 0 Å². The predicted molar refractivity (Wildman–Crippen MR) is 123 cm³/mol. The molecule has 1 atom stereocenters. The third kappa shape index (κ3) is 5.63. The summed E-state index contributed by atoms with van der Waals surface area (Å²) in [6.07, 6.45) is 1.88. The van der Waals surface area contributed by atoms with Gasteiger partial charge in [0, 0.05) is 49.5 Å². The standard InChI is InChI=1S/C25H32FN3O2/c1-16(2)17(3)29(25(31)19-7-6-8-21(26)13-19)15-20-14-22(11-12-23(20)28(4)5)27-24(30)18-9-10-18/h6-8,11-14,16-18H,9-10,15H2,1-5H3,(H,27,30)/t17-/m1/s1. The summed E-state index contributed by atoms with van der Waals surface area (Å²) in [7, 11) is 3.90. The average Bonchev–Trinajstić information content (AvgIpc) is 3.56. The van der Waals surface area contributed by atoms with E-state index in [1.807, 2.05) is 44.1 Å². The lowest BCUT2D eigenvalue weighted by molar-refractivity contribution is -0.117. The van der Waals surface area contributed by atoms with Crippen molar-refractivity contribution in [1.82, 2.24) is 4.90 Å². The van der Waals surface area contributed by atoms with Crippen LogP contribution in [-0.4, -0.2) is 36.9 Å². The molecule has 0 radical (unpaired) electrons. The van der Waals surface area contributed by atoms with E-state index in [0.717, 1.165) is 29.8 Å². The Morgan fingerprint density at radius 2 is 1.81 bits per heavy atom. The van der Waals surface area contributed by atoms with Gasteiger partial charge in [-0.15, -0.1) is 0 Å². The fourth-order valence-corrected chi connectivity index (χ4v) is 3.55. The molecule has 2 aromatic carbocycles. The molecule has 1 fully saturated rings. The highest BCUT2D eigenvalue weighted by molar-refractivity contribution is 5.95. The Bertz CT molecular complexity index is 954. The maximum Gasteiger partial charge on any atom is 0.254 e. The molecule has 1 saturated carbocycles. The van der Waals surface area contributed by atoms with Crippen molar-refractivity contribution in [3.8, 4) is 0 Å². The summed E-state index contributed by atoms with van der Waals surface area (Å²) in [6.45, 7) is 6.50. The number of nitrogens with one attached hydrogen (secondary N) is 1. The number of benzene rings is 2. The summed E-state index contributed by atoms with van der Waals surface area (Å²) in [5.41, 5.74) is 2.96. The molecule has 0 bridgehead atoms. The number of carbonyl (C=O) groups excluding carboxylic acids is 2. The van der Waals surface area contributed by atoms with Gasteiger partial charge in [0.2, 0.25) is 5.91 Å². The molecule has 0 aromatic heterocycles. The summed E-state index contributed by atoms with van der Waals surface area (Å²) in [5.74, 6) is -0.256. The maximum atomic E-state index is 13.8. The Hall–Kier alpha value is -2.89.